The van der Waals surface area contributed by atoms with E-state index in [1.54, 1.807) is 0 Å². The second kappa shape index (κ2) is 12.3. The Hall–Kier alpha value is -6.25. The fourth-order valence-corrected chi connectivity index (χ4v) is 8.06. The van der Waals surface area contributed by atoms with E-state index < -0.39 is 0 Å². The highest BCUT2D eigenvalue weighted by Crippen LogP contribution is 2.56. The first-order valence-corrected chi connectivity index (χ1v) is 17.3. The number of nitrogens with zero attached hydrogens (tertiary/aromatic N) is 5. The van der Waals surface area contributed by atoms with Gasteiger partial charge in [0.15, 0.2) is 17.5 Å². The summed E-state index contributed by atoms with van der Waals surface area (Å²) in [7, 11) is 0. The first-order chi connectivity index (χ1) is 24.7. The number of fused-ring (bicyclic) bond motifs is 5. The third kappa shape index (κ3) is 5.09. The number of nitriles is 1. The summed E-state index contributed by atoms with van der Waals surface area (Å²) in [6.07, 6.45) is 9.52. The van der Waals surface area contributed by atoms with E-state index >= 15 is 0 Å². The standard InChI is InChI=1S/C45H33N5/c46-28-30-17-19-37-38-20-18-34(27-41(38)45(40(37)25-30)22-8-3-9-23-45)36-21-24-47-29-39(36)44-49-42(32-13-6-2-7-14-32)48-43(50-44)35-16-10-15-33(26-35)31-11-4-1-5-12-31/h1-2,4-7,10-21,24-27,29H,3,8-9,22-23H2. The van der Waals surface area contributed by atoms with Crippen molar-refractivity contribution in [3.8, 4) is 73.6 Å². The maximum atomic E-state index is 9.78. The van der Waals surface area contributed by atoms with Crippen LogP contribution in [0.2, 0.25) is 0 Å². The highest BCUT2D eigenvalue weighted by atomic mass is 15.0. The Morgan fingerprint density at radius 3 is 1.88 bits per heavy atom. The summed E-state index contributed by atoms with van der Waals surface area (Å²) < 4.78 is 0. The Labute approximate surface area is 292 Å². The van der Waals surface area contributed by atoms with Crippen LogP contribution < -0.4 is 0 Å². The molecule has 50 heavy (non-hydrogen) atoms. The number of hydrogen-bond donors (Lipinski definition) is 0. The van der Waals surface area contributed by atoms with E-state index in [2.05, 4.69) is 96.0 Å². The molecule has 0 N–H and O–H groups in total. The summed E-state index contributed by atoms with van der Waals surface area (Å²) in [4.78, 5) is 19.8. The quantitative estimate of drug-likeness (QED) is 0.187. The molecule has 5 aromatic carbocycles. The number of hydrogen-bond acceptors (Lipinski definition) is 5. The lowest BCUT2D eigenvalue weighted by Gasteiger charge is -2.36. The number of pyridine rings is 1. The molecule has 9 rings (SSSR count). The molecular weight excluding hydrogens is 611 g/mol. The molecule has 2 aromatic heterocycles. The van der Waals surface area contributed by atoms with Gasteiger partial charge >= 0.3 is 0 Å². The van der Waals surface area contributed by atoms with E-state index in [4.69, 9.17) is 15.0 Å². The summed E-state index contributed by atoms with van der Waals surface area (Å²) in [6, 6.07) is 46.4. The van der Waals surface area contributed by atoms with Crippen molar-refractivity contribution >= 4 is 0 Å². The van der Waals surface area contributed by atoms with Crippen LogP contribution in [0.5, 0.6) is 0 Å². The molecule has 238 valence electrons. The molecule has 2 aliphatic rings. The fraction of sp³-hybridized carbons (Fsp3) is 0.133. The summed E-state index contributed by atoms with van der Waals surface area (Å²) in [5.74, 6) is 1.81. The highest BCUT2D eigenvalue weighted by Gasteiger charge is 2.44. The smallest absolute Gasteiger partial charge is 0.166 e. The van der Waals surface area contributed by atoms with Crippen molar-refractivity contribution in [3.05, 3.63) is 156 Å². The average molecular weight is 644 g/mol. The average Bonchev–Trinajstić information content (AvgIpc) is 3.45. The minimum absolute atomic E-state index is 0.0798. The molecule has 2 aliphatic carbocycles. The summed E-state index contributed by atoms with van der Waals surface area (Å²) >= 11 is 0. The zero-order chi connectivity index (χ0) is 33.5. The van der Waals surface area contributed by atoms with Crippen LogP contribution in [-0.2, 0) is 5.41 Å². The van der Waals surface area contributed by atoms with Crippen molar-refractivity contribution in [2.45, 2.75) is 37.5 Å². The molecule has 0 atom stereocenters. The number of benzene rings is 5. The SMILES string of the molecule is N#Cc1ccc2c(c1)C1(CCCCC1)c1cc(-c3ccncc3-c3nc(-c4ccccc4)nc(-c4cccc(-c5ccccc5)c4)n3)ccc1-2. The van der Waals surface area contributed by atoms with Gasteiger partial charge in [0.05, 0.1) is 11.6 Å². The molecule has 1 spiro atoms. The molecule has 0 radical (unpaired) electrons. The molecule has 1 fully saturated rings. The van der Waals surface area contributed by atoms with Crippen LogP contribution in [0.3, 0.4) is 0 Å². The fourth-order valence-electron chi connectivity index (χ4n) is 8.06. The third-order valence-electron chi connectivity index (χ3n) is 10.5. The van der Waals surface area contributed by atoms with E-state index in [1.165, 1.54) is 41.5 Å². The zero-order valence-electron chi connectivity index (χ0n) is 27.6. The minimum Gasteiger partial charge on any atom is -0.264 e. The Balaban J connectivity index is 1.20. The summed E-state index contributed by atoms with van der Waals surface area (Å²) in [5, 5.41) is 9.78. The first-order valence-electron chi connectivity index (χ1n) is 17.3. The van der Waals surface area contributed by atoms with Crippen LogP contribution in [0.15, 0.2) is 140 Å². The monoisotopic (exact) mass is 643 g/mol. The Morgan fingerprint density at radius 2 is 1.12 bits per heavy atom. The van der Waals surface area contributed by atoms with Gasteiger partial charge in [0.25, 0.3) is 0 Å². The van der Waals surface area contributed by atoms with Crippen molar-refractivity contribution in [2.24, 2.45) is 0 Å². The van der Waals surface area contributed by atoms with E-state index in [0.29, 0.717) is 17.5 Å². The van der Waals surface area contributed by atoms with Gasteiger partial charge in [0.2, 0.25) is 0 Å². The molecule has 2 heterocycles. The van der Waals surface area contributed by atoms with Crippen LogP contribution in [0.1, 0.15) is 48.8 Å². The molecule has 5 heteroatoms. The predicted molar refractivity (Wildman–Crippen MR) is 199 cm³/mol. The lowest BCUT2D eigenvalue weighted by Crippen LogP contribution is -2.28. The lowest BCUT2D eigenvalue weighted by molar-refractivity contribution is 0.353. The molecule has 0 unspecified atom stereocenters. The van der Waals surface area contributed by atoms with E-state index in [-0.39, 0.29) is 5.41 Å². The molecule has 0 bridgehead atoms. The minimum atomic E-state index is -0.0798. The topological polar surface area (TPSA) is 75.3 Å². The molecule has 5 nitrogen and oxygen atoms in total. The van der Waals surface area contributed by atoms with Gasteiger partial charge in [0.1, 0.15) is 0 Å². The van der Waals surface area contributed by atoms with E-state index in [0.717, 1.165) is 57.3 Å². The number of aromatic nitrogens is 4. The Bertz CT molecular complexity index is 2420. The largest absolute Gasteiger partial charge is 0.264 e. The van der Waals surface area contributed by atoms with Crippen molar-refractivity contribution < 1.29 is 0 Å². The van der Waals surface area contributed by atoms with Gasteiger partial charge < -0.3 is 0 Å². The van der Waals surface area contributed by atoms with Gasteiger partial charge in [-0.25, -0.2) is 15.0 Å². The molecule has 1 saturated carbocycles. The lowest BCUT2D eigenvalue weighted by atomic mass is 9.67. The van der Waals surface area contributed by atoms with Crippen molar-refractivity contribution in [3.63, 3.8) is 0 Å². The summed E-state index contributed by atoms with van der Waals surface area (Å²) in [6.45, 7) is 0. The van der Waals surface area contributed by atoms with Gasteiger partial charge in [-0.15, -0.1) is 0 Å². The van der Waals surface area contributed by atoms with Gasteiger partial charge in [-0.1, -0.05) is 116 Å². The number of rotatable bonds is 5. The molecule has 7 aromatic rings. The van der Waals surface area contributed by atoms with Crippen LogP contribution in [0, 0.1) is 11.3 Å². The zero-order valence-corrected chi connectivity index (χ0v) is 27.6. The second-order valence-electron chi connectivity index (χ2n) is 13.3. The second-order valence-corrected chi connectivity index (χ2v) is 13.3. The summed E-state index contributed by atoms with van der Waals surface area (Å²) in [5.41, 5.74) is 12.9. The third-order valence-corrected chi connectivity index (χ3v) is 10.5. The molecular formula is C45H33N5. The Kier molecular flexibility index (Phi) is 7.36. The maximum Gasteiger partial charge on any atom is 0.166 e. The van der Waals surface area contributed by atoms with Crippen LogP contribution in [-0.4, -0.2) is 19.9 Å². The van der Waals surface area contributed by atoms with Crippen molar-refractivity contribution in [1.82, 2.24) is 19.9 Å². The van der Waals surface area contributed by atoms with Gasteiger partial charge in [-0.3, -0.25) is 4.98 Å². The predicted octanol–water partition coefficient (Wildman–Crippen LogP) is 10.7. The van der Waals surface area contributed by atoms with Gasteiger partial charge in [0, 0.05) is 34.5 Å². The van der Waals surface area contributed by atoms with Gasteiger partial charge in [-0.2, -0.15) is 5.26 Å². The molecule has 0 amide bonds. The van der Waals surface area contributed by atoms with Crippen molar-refractivity contribution in [1.29, 1.82) is 5.26 Å². The van der Waals surface area contributed by atoms with Crippen LogP contribution in [0.25, 0.3) is 67.5 Å². The Morgan fingerprint density at radius 1 is 0.480 bits per heavy atom. The van der Waals surface area contributed by atoms with Gasteiger partial charge in [-0.05, 0) is 87.7 Å². The van der Waals surface area contributed by atoms with E-state index in [1.807, 2.05) is 54.9 Å². The molecule has 0 saturated heterocycles. The molecule has 0 aliphatic heterocycles. The normalized spacial score (nSPS) is 14.1. The maximum absolute atomic E-state index is 9.78. The van der Waals surface area contributed by atoms with E-state index in [9.17, 15) is 5.26 Å². The first kappa shape index (κ1) is 29.9. The van der Waals surface area contributed by atoms with Crippen LogP contribution >= 0.6 is 0 Å². The highest BCUT2D eigenvalue weighted by molar-refractivity contribution is 5.88. The van der Waals surface area contributed by atoms with Crippen LogP contribution in [0.4, 0.5) is 0 Å². The van der Waals surface area contributed by atoms with Crippen molar-refractivity contribution in [2.75, 3.05) is 0 Å².